The maximum Gasteiger partial charge on any atom is 0.244 e. The van der Waals surface area contributed by atoms with Gasteiger partial charge >= 0.3 is 0 Å². The molecule has 0 radical (unpaired) electrons. The molecule has 0 spiro atoms. The molecule has 8 heteroatoms. The number of amides is 1. The van der Waals surface area contributed by atoms with E-state index in [4.69, 9.17) is 5.73 Å². The van der Waals surface area contributed by atoms with E-state index in [9.17, 15) is 4.79 Å². The molecule has 4 N–H and O–H groups in total. The number of carbonyl (C=O) groups excluding carboxylic acids is 1. The van der Waals surface area contributed by atoms with Gasteiger partial charge in [0.1, 0.15) is 0 Å². The predicted octanol–water partition coefficient (Wildman–Crippen LogP) is 1.15. The van der Waals surface area contributed by atoms with Crippen LogP contribution >= 0.6 is 11.8 Å². The zero-order valence-corrected chi connectivity index (χ0v) is 13.1. The van der Waals surface area contributed by atoms with Crippen LogP contribution in [0.2, 0.25) is 0 Å². The predicted molar refractivity (Wildman–Crippen MR) is 88.0 cm³/mol. The third kappa shape index (κ3) is 5.21. The Morgan fingerprint density at radius 1 is 1.41 bits per heavy atom. The number of nitrogens with two attached hydrogens (primary N) is 1. The zero-order valence-electron chi connectivity index (χ0n) is 12.2. The van der Waals surface area contributed by atoms with E-state index >= 15 is 0 Å². The number of anilines is 1. The third-order valence-corrected chi connectivity index (χ3v) is 3.81. The van der Waals surface area contributed by atoms with Gasteiger partial charge in [-0.15, -0.1) is 0 Å². The van der Waals surface area contributed by atoms with Crippen LogP contribution in [-0.4, -0.2) is 38.1 Å². The van der Waals surface area contributed by atoms with Crippen LogP contribution in [0.1, 0.15) is 17.0 Å². The maximum atomic E-state index is 11.6. The lowest BCUT2D eigenvalue weighted by Crippen LogP contribution is -2.23. The van der Waals surface area contributed by atoms with E-state index in [2.05, 4.69) is 25.3 Å². The van der Waals surface area contributed by atoms with Gasteiger partial charge in [0, 0.05) is 47.8 Å². The molecule has 0 saturated carbocycles. The summed E-state index contributed by atoms with van der Waals surface area (Å²) in [5.74, 6) is 1.74. The van der Waals surface area contributed by atoms with Crippen LogP contribution in [0, 0.1) is 6.92 Å². The summed E-state index contributed by atoms with van der Waals surface area (Å²) < 4.78 is 0. The average molecular weight is 318 g/mol. The zero-order chi connectivity index (χ0) is 15.8. The molecule has 2 aromatic heterocycles. The summed E-state index contributed by atoms with van der Waals surface area (Å²) in [6.07, 6.45) is 7.92. The number of aryl methyl sites for hydroxylation is 1. The van der Waals surface area contributed by atoms with E-state index < -0.39 is 0 Å². The average Bonchev–Trinajstić information content (AvgIpc) is 2.92. The highest BCUT2D eigenvalue weighted by Crippen LogP contribution is 2.11. The summed E-state index contributed by atoms with van der Waals surface area (Å²) in [6.45, 7) is 2.60. The molecule has 2 heterocycles. The van der Waals surface area contributed by atoms with E-state index in [1.807, 2.05) is 6.92 Å². The van der Waals surface area contributed by atoms with Gasteiger partial charge in [-0.1, -0.05) is 0 Å². The Morgan fingerprint density at radius 2 is 2.18 bits per heavy atom. The molecule has 116 valence electrons. The number of imidazole rings is 1. The van der Waals surface area contributed by atoms with Gasteiger partial charge < -0.3 is 16.0 Å². The summed E-state index contributed by atoms with van der Waals surface area (Å²) in [4.78, 5) is 26.6. The van der Waals surface area contributed by atoms with Crippen LogP contribution in [0.15, 0.2) is 24.8 Å². The molecule has 0 aliphatic rings. The first-order valence-corrected chi connectivity index (χ1v) is 7.90. The topological polar surface area (TPSA) is 110 Å². The van der Waals surface area contributed by atoms with Gasteiger partial charge in [0.05, 0.1) is 12.0 Å². The van der Waals surface area contributed by atoms with Crippen LogP contribution in [0.5, 0.6) is 0 Å². The molecular weight excluding hydrogens is 300 g/mol. The highest BCUT2D eigenvalue weighted by atomic mass is 32.2. The molecule has 0 aliphatic carbocycles. The van der Waals surface area contributed by atoms with Crippen LogP contribution in [0.4, 0.5) is 5.95 Å². The molecule has 2 rings (SSSR count). The first-order chi connectivity index (χ1) is 10.6. The van der Waals surface area contributed by atoms with Gasteiger partial charge in [0.15, 0.2) is 0 Å². The molecule has 0 saturated heterocycles. The molecule has 7 nitrogen and oxygen atoms in total. The van der Waals surface area contributed by atoms with E-state index in [1.54, 1.807) is 36.6 Å². The Labute approximate surface area is 132 Å². The van der Waals surface area contributed by atoms with Gasteiger partial charge in [0.25, 0.3) is 0 Å². The molecule has 0 bridgehead atoms. The molecule has 22 heavy (non-hydrogen) atoms. The number of nitrogen functional groups attached to an aromatic ring is 1. The first-order valence-electron chi connectivity index (χ1n) is 6.75. The van der Waals surface area contributed by atoms with Crippen LogP contribution < -0.4 is 11.1 Å². The van der Waals surface area contributed by atoms with E-state index in [0.29, 0.717) is 6.54 Å². The number of nitrogens with zero attached hydrogens (tertiary/aromatic N) is 3. The summed E-state index contributed by atoms with van der Waals surface area (Å²) in [5, 5.41) is 2.82. The first kappa shape index (κ1) is 16.0. The lowest BCUT2D eigenvalue weighted by atomic mass is 10.3. The van der Waals surface area contributed by atoms with E-state index in [-0.39, 0.29) is 11.9 Å². The van der Waals surface area contributed by atoms with Crippen molar-refractivity contribution >= 4 is 29.7 Å². The summed E-state index contributed by atoms with van der Waals surface area (Å²) in [6, 6.07) is 0. The van der Waals surface area contributed by atoms with Crippen LogP contribution in [0.3, 0.4) is 0 Å². The van der Waals surface area contributed by atoms with Gasteiger partial charge in [-0.3, -0.25) is 4.79 Å². The Bertz CT molecular complexity index is 637. The maximum absolute atomic E-state index is 11.6. The van der Waals surface area contributed by atoms with Crippen LogP contribution in [0.25, 0.3) is 6.08 Å². The third-order valence-electron chi connectivity index (χ3n) is 2.84. The second-order valence-electron chi connectivity index (χ2n) is 4.53. The smallest absolute Gasteiger partial charge is 0.244 e. The number of nitrogens with one attached hydrogen (secondary N) is 2. The Kier molecular flexibility index (Phi) is 5.96. The molecule has 0 atom stereocenters. The van der Waals surface area contributed by atoms with Crippen molar-refractivity contribution in [3.63, 3.8) is 0 Å². The van der Waals surface area contributed by atoms with Gasteiger partial charge in [-0.25, -0.2) is 15.0 Å². The van der Waals surface area contributed by atoms with Gasteiger partial charge in [-0.05, 0) is 13.0 Å². The number of rotatable bonds is 7. The normalized spacial score (nSPS) is 11.0. The summed E-state index contributed by atoms with van der Waals surface area (Å²) >= 11 is 1.73. The second-order valence-corrected chi connectivity index (χ2v) is 5.63. The van der Waals surface area contributed by atoms with Crippen LogP contribution in [-0.2, 0) is 10.5 Å². The van der Waals surface area contributed by atoms with Crippen molar-refractivity contribution in [1.29, 1.82) is 0 Å². The Balaban J connectivity index is 1.63. The standard InChI is InChI=1S/C14H18N6OS/c1-10-12(20-9-19-10)8-22-5-4-16-13(21)3-2-11-6-17-14(15)18-7-11/h2-3,6-7,9H,4-5,8H2,1H3,(H,16,21)(H,19,20)(H2,15,17,18)/b3-2+. The minimum absolute atomic E-state index is 0.145. The highest BCUT2D eigenvalue weighted by Gasteiger charge is 2.01. The number of thioether (sulfide) groups is 1. The van der Waals surface area contributed by atoms with Crippen molar-refractivity contribution in [2.45, 2.75) is 12.7 Å². The minimum Gasteiger partial charge on any atom is -0.368 e. The van der Waals surface area contributed by atoms with Crippen molar-refractivity contribution in [1.82, 2.24) is 25.3 Å². The van der Waals surface area contributed by atoms with E-state index in [0.717, 1.165) is 28.5 Å². The second kappa shape index (κ2) is 8.18. The summed E-state index contributed by atoms with van der Waals surface area (Å²) in [7, 11) is 0. The minimum atomic E-state index is -0.145. The largest absolute Gasteiger partial charge is 0.368 e. The fourth-order valence-electron chi connectivity index (χ4n) is 1.61. The highest BCUT2D eigenvalue weighted by molar-refractivity contribution is 7.98. The fourth-order valence-corrected chi connectivity index (χ4v) is 2.49. The molecule has 0 aliphatic heterocycles. The molecule has 0 unspecified atom stereocenters. The number of aromatic amines is 1. The monoisotopic (exact) mass is 318 g/mol. The van der Waals surface area contributed by atoms with Crippen molar-refractivity contribution in [3.8, 4) is 0 Å². The summed E-state index contributed by atoms with van der Waals surface area (Å²) in [5.41, 5.74) is 8.26. The van der Waals surface area contributed by atoms with Gasteiger partial charge in [-0.2, -0.15) is 11.8 Å². The van der Waals surface area contributed by atoms with E-state index in [1.165, 1.54) is 6.08 Å². The molecule has 1 amide bonds. The number of aromatic nitrogens is 4. The SMILES string of the molecule is Cc1[nH]cnc1CSCCNC(=O)/C=C/c1cnc(N)nc1. The molecular formula is C14H18N6OS. The lowest BCUT2D eigenvalue weighted by Gasteiger charge is -2.02. The number of H-pyrrole nitrogens is 1. The molecule has 2 aromatic rings. The number of hydrogen-bond acceptors (Lipinski definition) is 6. The quantitative estimate of drug-likeness (QED) is 0.522. The number of carbonyl (C=O) groups is 1. The van der Waals surface area contributed by atoms with Gasteiger partial charge in [0.2, 0.25) is 11.9 Å². The molecule has 0 aromatic carbocycles. The Morgan fingerprint density at radius 3 is 2.86 bits per heavy atom. The lowest BCUT2D eigenvalue weighted by molar-refractivity contribution is -0.116. The van der Waals surface area contributed by atoms with Crippen molar-refractivity contribution in [2.24, 2.45) is 0 Å². The van der Waals surface area contributed by atoms with Crippen molar-refractivity contribution in [3.05, 3.63) is 41.7 Å². The van der Waals surface area contributed by atoms with Crippen molar-refractivity contribution < 1.29 is 4.79 Å². The fraction of sp³-hybridized carbons (Fsp3) is 0.286. The molecule has 0 fully saturated rings. The Hall–Kier alpha value is -2.35. The number of hydrogen-bond donors (Lipinski definition) is 3. The van der Waals surface area contributed by atoms with Crippen molar-refractivity contribution in [2.75, 3.05) is 18.0 Å².